The lowest BCUT2D eigenvalue weighted by molar-refractivity contribution is -0.133. The lowest BCUT2D eigenvalue weighted by Gasteiger charge is -2.36. The van der Waals surface area contributed by atoms with Crippen LogP contribution in [0.5, 0.6) is 5.75 Å². The summed E-state index contributed by atoms with van der Waals surface area (Å²) in [5.41, 5.74) is 2.00. The molecule has 0 radical (unpaired) electrons. The van der Waals surface area contributed by atoms with Gasteiger partial charge in [-0.05, 0) is 42.8 Å². The molecule has 1 fully saturated rings. The third-order valence-electron chi connectivity index (χ3n) is 5.95. The van der Waals surface area contributed by atoms with Gasteiger partial charge in [0, 0.05) is 37.9 Å². The minimum absolute atomic E-state index is 0.0287. The molecule has 35 heavy (non-hydrogen) atoms. The van der Waals surface area contributed by atoms with E-state index in [2.05, 4.69) is 21.8 Å². The minimum atomic E-state index is -3.79. The van der Waals surface area contributed by atoms with E-state index in [1.165, 1.54) is 18.2 Å². The smallest absolute Gasteiger partial charge is 0.260 e. The molecule has 1 unspecified atom stereocenters. The first-order valence-electron chi connectivity index (χ1n) is 11.4. The Morgan fingerprint density at radius 1 is 0.971 bits per heavy atom. The SMILES string of the molecule is CC(NS(=O)(=O)c1ccc(OCC(=O)N2CCN(c3ccccc3)CC2)c(Cl)c1)c1ccccc1. The summed E-state index contributed by atoms with van der Waals surface area (Å²) in [5.74, 6) is 0.127. The Morgan fingerprint density at radius 2 is 1.60 bits per heavy atom. The molecule has 1 aliphatic rings. The molecule has 184 valence electrons. The zero-order chi connectivity index (χ0) is 24.8. The molecule has 3 aromatic rings. The molecule has 3 aromatic carbocycles. The van der Waals surface area contributed by atoms with Crippen molar-refractivity contribution in [3.63, 3.8) is 0 Å². The van der Waals surface area contributed by atoms with E-state index in [1.807, 2.05) is 48.5 Å². The minimum Gasteiger partial charge on any atom is -0.482 e. The van der Waals surface area contributed by atoms with Crippen LogP contribution in [0.1, 0.15) is 18.5 Å². The number of hydrogen-bond acceptors (Lipinski definition) is 5. The van der Waals surface area contributed by atoms with Crippen molar-refractivity contribution >= 4 is 33.2 Å². The van der Waals surface area contributed by atoms with Gasteiger partial charge >= 0.3 is 0 Å². The Labute approximate surface area is 211 Å². The normalized spacial score (nSPS) is 15.0. The molecule has 4 rings (SSSR count). The molecule has 1 amide bonds. The summed E-state index contributed by atoms with van der Waals surface area (Å²) >= 11 is 6.30. The van der Waals surface area contributed by atoms with Crippen molar-refractivity contribution in [2.75, 3.05) is 37.7 Å². The third-order valence-corrected chi connectivity index (χ3v) is 7.78. The molecule has 1 N–H and O–H groups in total. The number of hydrogen-bond donors (Lipinski definition) is 1. The fourth-order valence-electron chi connectivity index (χ4n) is 3.96. The van der Waals surface area contributed by atoms with Crippen LogP contribution < -0.4 is 14.4 Å². The van der Waals surface area contributed by atoms with E-state index in [-0.39, 0.29) is 28.2 Å². The van der Waals surface area contributed by atoms with Crippen molar-refractivity contribution in [2.24, 2.45) is 0 Å². The van der Waals surface area contributed by atoms with Gasteiger partial charge in [0.1, 0.15) is 5.75 Å². The van der Waals surface area contributed by atoms with E-state index in [9.17, 15) is 13.2 Å². The maximum atomic E-state index is 12.8. The molecule has 0 aliphatic carbocycles. The number of rotatable bonds is 8. The quantitative estimate of drug-likeness (QED) is 0.490. The van der Waals surface area contributed by atoms with Gasteiger partial charge in [0.15, 0.2) is 6.61 Å². The number of benzene rings is 3. The van der Waals surface area contributed by atoms with Gasteiger partial charge in [-0.15, -0.1) is 0 Å². The number of nitrogens with zero attached hydrogens (tertiary/aromatic N) is 2. The molecular weight excluding hydrogens is 486 g/mol. The van der Waals surface area contributed by atoms with Gasteiger partial charge in [-0.3, -0.25) is 4.79 Å². The number of ether oxygens (including phenoxy) is 1. The number of nitrogens with one attached hydrogen (secondary N) is 1. The predicted octanol–water partition coefficient (Wildman–Crippen LogP) is 4.11. The average molecular weight is 514 g/mol. The van der Waals surface area contributed by atoms with Crippen LogP contribution in [0.15, 0.2) is 83.8 Å². The lowest BCUT2D eigenvalue weighted by Crippen LogP contribution is -2.50. The molecule has 1 aliphatic heterocycles. The van der Waals surface area contributed by atoms with Crippen LogP contribution in [0.3, 0.4) is 0 Å². The predicted molar refractivity (Wildman–Crippen MR) is 137 cm³/mol. The van der Waals surface area contributed by atoms with Gasteiger partial charge in [0.2, 0.25) is 10.0 Å². The highest BCUT2D eigenvalue weighted by Gasteiger charge is 2.23. The van der Waals surface area contributed by atoms with E-state index in [1.54, 1.807) is 11.8 Å². The van der Waals surface area contributed by atoms with Gasteiger partial charge in [0.05, 0.1) is 9.92 Å². The summed E-state index contributed by atoms with van der Waals surface area (Å²) in [5, 5.41) is 0.127. The first-order chi connectivity index (χ1) is 16.8. The highest BCUT2D eigenvalue weighted by atomic mass is 35.5. The van der Waals surface area contributed by atoms with Crippen LogP contribution in [-0.4, -0.2) is 52.0 Å². The summed E-state index contributed by atoms with van der Waals surface area (Å²) in [6.45, 7) is 4.31. The molecule has 7 nitrogen and oxygen atoms in total. The van der Waals surface area contributed by atoms with Gasteiger partial charge in [-0.2, -0.15) is 0 Å². The summed E-state index contributed by atoms with van der Waals surface area (Å²) in [6.07, 6.45) is 0. The second-order valence-corrected chi connectivity index (χ2v) is 10.5. The fourth-order valence-corrected chi connectivity index (χ4v) is 5.52. The zero-order valence-corrected chi connectivity index (χ0v) is 21.0. The zero-order valence-electron chi connectivity index (χ0n) is 19.4. The van der Waals surface area contributed by atoms with Crippen molar-refractivity contribution in [2.45, 2.75) is 17.9 Å². The average Bonchev–Trinajstić information content (AvgIpc) is 2.88. The van der Waals surface area contributed by atoms with E-state index >= 15 is 0 Å². The van der Waals surface area contributed by atoms with E-state index in [0.717, 1.165) is 24.3 Å². The third kappa shape index (κ3) is 6.33. The molecule has 0 bridgehead atoms. The van der Waals surface area contributed by atoms with Crippen LogP contribution >= 0.6 is 11.6 Å². The van der Waals surface area contributed by atoms with Gasteiger partial charge in [-0.1, -0.05) is 60.1 Å². The number of anilines is 1. The van der Waals surface area contributed by atoms with E-state index in [0.29, 0.717) is 13.1 Å². The number of piperazine rings is 1. The largest absolute Gasteiger partial charge is 0.482 e. The van der Waals surface area contributed by atoms with Gasteiger partial charge < -0.3 is 14.5 Å². The Balaban J connectivity index is 1.31. The molecular formula is C26H28ClN3O4S. The molecule has 1 saturated heterocycles. The molecule has 0 spiro atoms. The summed E-state index contributed by atoms with van der Waals surface area (Å²) in [4.78, 5) is 16.7. The molecule has 1 heterocycles. The lowest BCUT2D eigenvalue weighted by atomic mass is 10.1. The summed E-state index contributed by atoms with van der Waals surface area (Å²) in [7, 11) is -3.79. The van der Waals surface area contributed by atoms with Crippen molar-refractivity contribution in [3.05, 3.63) is 89.4 Å². The van der Waals surface area contributed by atoms with Crippen LogP contribution in [-0.2, 0) is 14.8 Å². The Hall–Kier alpha value is -3.07. The Kier molecular flexibility index (Phi) is 7.95. The first-order valence-corrected chi connectivity index (χ1v) is 13.3. The molecule has 9 heteroatoms. The standard InChI is InChI=1S/C26H28ClN3O4S/c1-20(21-8-4-2-5-9-21)28-35(32,33)23-12-13-25(24(27)18-23)34-19-26(31)30-16-14-29(15-17-30)22-10-6-3-7-11-22/h2-13,18,20,28H,14-17,19H2,1H3. The number of amides is 1. The molecule has 0 aromatic heterocycles. The second-order valence-electron chi connectivity index (χ2n) is 8.34. The number of para-hydroxylation sites is 1. The van der Waals surface area contributed by atoms with Crippen molar-refractivity contribution in [3.8, 4) is 5.75 Å². The first kappa shape index (κ1) is 25.0. The summed E-state index contributed by atoms with van der Waals surface area (Å²) in [6, 6.07) is 23.2. The maximum Gasteiger partial charge on any atom is 0.260 e. The van der Waals surface area contributed by atoms with E-state index in [4.69, 9.17) is 16.3 Å². The topological polar surface area (TPSA) is 78.9 Å². The van der Waals surface area contributed by atoms with Crippen LogP contribution in [0, 0.1) is 0 Å². The Morgan fingerprint density at radius 3 is 2.23 bits per heavy atom. The number of halogens is 1. The van der Waals surface area contributed by atoms with Crippen molar-refractivity contribution in [1.29, 1.82) is 0 Å². The number of sulfonamides is 1. The van der Waals surface area contributed by atoms with Crippen LogP contribution in [0.25, 0.3) is 0 Å². The van der Waals surface area contributed by atoms with Crippen molar-refractivity contribution < 1.29 is 17.9 Å². The fraction of sp³-hybridized carbons (Fsp3) is 0.269. The molecule has 1 atom stereocenters. The molecule has 0 saturated carbocycles. The second kappa shape index (κ2) is 11.1. The maximum absolute atomic E-state index is 12.8. The van der Waals surface area contributed by atoms with Crippen molar-refractivity contribution in [1.82, 2.24) is 9.62 Å². The summed E-state index contributed by atoms with van der Waals surface area (Å²) < 4.78 is 33.9. The monoisotopic (exact) mass is 513 g/mol. The van der Waals surface area contributed by atoms with Gasteiger partial charge in [0.25, 0.3) is 5.91 Å². The van der Waals surface area contributed by atoms with Gasteiger partial charge in [-0.25, -0.2) is 13.1 Å². The number of carbonyl (C=O) groups excluding carboxylic acids is 1. The van der Waals surface area contributed by atoms with Crippen LogP contribution in [0.2, 0.25) is 5.02 Å². The highest BCUT2D eigenvalue weighted by molar-refractivity contribution is 7.89. The van der Waals surface area contributed by atoms with E-state index < -0.39 is 16.1 Å². The van der Waals surface area contributed by atoms with Crippen LogP contribution in [0.4, 0.5) is 5.69 Å². The highest BCUT2D eigenvalue weighted by Crippen LogP contribution is 2.28. The number of carbonyl (C=O) groups is 1. The Bertz CT molecular complexity index is 1250.